The van der Waals surface area contributed by atoms with E-state index in [1.807, 2.05) is 12.1 Å². The second-order valence-corrected chi connectivity index (χ2v) is 4.64. The highest BCUT2D eigenvalue weighted by atomic mass is 16.5. The van der Waals surface area contributed by atoms with Crippen LogP contribution in [0.2, 0.25) is 0 Å². The molecule has 3 N–H and O–H groups in total. The van der Waals surface area contributed by atoms with Gasteiger partial charge < -0.3 is 20.5 Å². The van der Waals surface area contributed by atoms with E-state index in [-0.39, 0.29) is 0 Å². The molecule has 2 atom stereocenters. The minimum absolute atomic E-state index is 0.456. The lowest BCUT2D eigenvalue weighted by molar-refractivity contribution is 0.385. The highest BCUT2D eigenvalue weighted by Gasteiger charge is 2.29. The monoisotopic (exact) mass is 250 g/mol. The number of benzene rings is 1. The van der Waals surface area contributed by atoms with E-state index < -0.39 is 0 Å². The van der Waals surface area contributed by atoms with Crippen LogP contribution >= 0.6 is 0 Å². The molecule has 1 aromatic carbocycles. The van der Waals surface area contributed by atoms with Crippen molar-refractivity contribution in [1.29, 1.82) is 0 Å². The highest BCUT2D eigenvalue weighted by Crippen LogP contribution is 2.37. The highest BCUT2D eigenvalue weighted by molar-refractivity contribution is 5.43. The maximum absolute atomic E-state index is 5.67. The first-order valence-corrected chi connectivity index (χ1v) is 6.45. The number of hydrogen-bond donors (Lipinski definition) is 2. The largest absolute Gasteiger partial charge is 0.497 e. The molecule has 2 rings (SSSR count). The molecule has 0 aromatic heterocycles. The molecule has 0 saturated carbocycles. The van der Waals surface area contributed by atoms with Gasteiger partial charge in [0.2, 0.25) is 0 Å². The predicted octanol–water partition coefficient (Wildman–Crippen LogP) is 1.50. The van der Waals surface area contributed by atoms with Crippen LogP contribution in [0.3, 0.4) is 0 Å². The molecule has 0 radical (unpaired) electrons. The Morgan fingerprint density at radius 2 is 2.17 bits per heavy atom. The van der Waals surface area contributed by atoms with E-state index >= 15 is 0 Å². The van der Waals surface area contributed by atoms with Crippen LogP contribution in [0, 0.1) is 0 Å². The molecule has 1 saturated heterocycles. The molecule has 0 amide bonds. The van der Waals surface area contributed by atoms with Crippen LogP contribution in [-0.2, 0) is 0 Å². The van der Waals surface area contributed by atoms with Crippen molar-refractivity contribution >= 4 is 0 Å². The van der Waals surface area contributed by atoms with Gasteiger partial charge in [-0.2, -0.15) is 0 Å². The second-order valence-electron chi connectivity index (χ2n) is 4.64. The Bertz CT molecular complexity index is 395. The number of nitrogens with one attached hydrogen (secondary N) is 1. The predicted molar refractivity (Wildman–Crippen MR) is 72.4 cm³/mol. The van der Waals surface area contributed by atoms with Crippen molar-refractivity contribution in [3.8, 4) is 11.5 Å². The summed E-state index contributed by atoms with van der Waals surface area (Å²) in [6, 6.07) is 6.51. The molecule has 1 aliphatic heterocycles. The lowest BCUT2D eigenvalue weighted by atomic mass is 9.89. The smallest absolute Gasteiger partial charge is 0.126 e. The van der Waals surface area contributed by atoms with Gasteiger partial charge in [-0.25, -0.2) is 0 Å². The van der Waals surface area contributed by atoms with Crippen molar-refractivity contribution in [2.24, 2.45) is 5.73 Å². The number of hydrogen-bond acceptors (Lipinski definition) is 4. The molecule has 0 aliphatic carbocycles. The number of ether oxygens (including phenoxy) is 2. The summed E-state index contributed by atoms with van der Waals surface area (Å²) in [6.07, 6.45) is 2.13. The summed E-state index contributed by atoms with van der Waals surface area (Å²) in [5.74, 6) is 2.22. The fourth-order valence-corrected chi connectivity index (χ4v) is 2.75. The van der Waals surface area contributed by atoms with Crippen LogP contribution in [0.4, 0.5) is 0 Å². The molecule has 18 heavy (non-hydrogen) atoms. The Labute approximate surface area is 108 Å². The van der Waals surface area contributed by atoms with E-state index in [0.29, 0.717) is 18.5 Å². The van der Waals surface area contributed by atoms with Crippen LogP contribution in [0.5, 0.6) is 11.5 Å². The van der Waals surface area contributed by atoms with Crippen molar-refractivity contribution < 1.29 is 9.47 Å². The molecule has 4 nitrogen and oxygen atoms in total. The van der Waals surface area contributed by atoms with Crippen LogP contribution in [0.1, 0.15) is 24.3 Å². The Balaban J connectivity index is 2.26. The maximum atomic E-state index is 5.67. The van der Waals surface area contributed by atoms with Gasteiger partial charge in [-0.05, 0) is 37.6 Å². The zero-order valence-electron chi connectivity index (χ0n) is 11.1. The van der Waals surface area contributed by atoms with E-state index in [1.165, 1.54) is 5.56 Å². The normalized spacial score (nSPS) is 23.1. The van der Waals surface area contributed by atoms with E-state index in [4.69, 9.17) is 15.2 Å². The van der Waals surface area contributed by atoms with Gasteiger partial charge in [-0.1, -0.05) is 6.07 Å². The summed E-state index contributed by atoms with van der Waals surface area (Å²) in [5, 5.41) is 3.52. The molecule has 0 spiro atoms. The molecular weight excluding hydrogens is 228 g/mol. The van der Waals surface area contributed by atoms with Gasteiger partial charge in [-0.3, -0.25) is 0 Å². The van der Waals surface area contributed by atoms with Crippen LogP contribution < -0.4 is 20.5 Å². The van der Waals surface area contributed by atoms with Gasteiger partial charge in [-0.15, -0.1) is 0 Å². The second kappa shape index (κ2) is 6.07. The average molecular weight is 250 g/mol. The van der Waals surface area contributed by atoms with Crippen molar-refractivity contribution in [1.82, 2.24) is 5.32 Å². The third-order valence-corrected chi connectivity index (χ3v) is 3.67. The fourth-order valence-electron chi connectivity index (χ4n) is 2.75. The number of methoxy groups -OCH3 is 2. The van der Waals surface area contributed by atoms with Gasteiger partial charge in [0, 0.05) is 18.0 Å². The first-order valence-electron chi connectivity index (χ1n) is 6.45. The van der Waals surface area contributed by atoms with E-state index in [1.54, 1.807) is 14.2 Å². The quantitative estimate of drug-likeness (QED) is 0.831. The Morgan fingerprint density at radius 1 is 1.33 bits per heavy atom. The van der Waals surface area contributed by atoms with Crippen molar-refractivity contribution in [3.05, 3.63) is 23.8 Å². The van der Waals surface area contributed by atoms with Crippen LogP contribution in [0.25, 0.3) is 0 Å². The third-order valence-electron chi connectivity index (χ3n) is 3.67. The third kappa shape index (κ3) is 2.60. The molecular formula is C14H22N2O2. The van der Waals surface area contributed by atoms with Gasteiger partial charge in [0.05, 0.1) is 14.2 Å². The first-order chi connectivity index (χ1) is 8.80. The Hall–Kier alpha value is -1.26. The summed E-state index contributed by atoms with van der Waals surface area (Å²) < 4.78 is 10.7. The van der Waals surface area contributed by atoms with Crippen LogP contribution in [0.15, 0.2) is 18.2 Å². The molecule has 1 heterocycles. The zero-order valence-corrected chi connectivity index (χ0v) is 11.1. The van der Waals surface area contributed by atoms with Crippen molar-refractivity contribution in [2.45, 2.75) is 24.8 Å². The molecule has 1 aliphatic rings. The molecule has 1 fully saturated rings. The topological polar surface area (TPSA) is 56.5 Å². The number of rotatable bonds is 5. The minimum atomic E-state index is 0.456. The maximum Gasteiger partial charge on any atom is 0.126 e. The molecule has 100 valence electrons. The van der Waals surface area contributed by atoms with Gasteiger partial charge in [0.15, 0.2) is 0 Å². The van der Waals surface area contributed by atoms with Gasteiger partial charge >= 0.3 is 0 Å². The van der Waals surface area contributed by atoms with Gasteiger partial charge in [0.1, 0.15) is 11.5 Å². The molecule has 1 aromatic rings. The lowest BCUT2D eigenvalue weighted by Crippen LogP contribution is -2.28. The summed E-state index contributed by atoms with van der Waals surface area (Å²) in [4.78, 5) is 0. The SMILES string of the molecule is COc1ccc(C2CCNC2CCN)c(OC)c1. The Kier molecular flexibility index (Phi) is 4.44. The van der Waals surface area contributed by atoms with Crippen molar-refractivity contribution in [3.63, 3.8) is 0 Å². The minimum Gasteiger partial charge on any atom is -0.497 e. The summed E-state index contributed by atoms with van der Waals surface area (Å²) in [5.41, 5.74) is 6.93. The number of nitrogens with two attached hydrogens (primary N) is 1. The zero-order chi connectivity index (χ0) is 13.0. The van der Waals surface area contributed by atoms with Crippen molar-refractivity contribution in [2.75, 3.05) is 27.3 Å². The molecule has 2 unspecified atom stereocenters. The average Bonchev–Trinajstić information content (AvgIpc) is 2.86. The first kappa shape index (κ1) is 13.2. The standard InChI is InChI=1S/C14H22N2O2/c1-17-10-3-4-12(14(9-10)18-2)11-6-8-16-13(11)5-7-15/h3-4,9,11,13,16H,5-8,15H2,1-2H3. The molecule has 4 heteroatoms. The summed E-state index contributed by atoms with van der Waals surface area (Å²) in [6.45, 7) is 1.76. The fraction of sp³-hybridized carbons (Fsp3) is 0.571. The lowest BCUT2D eigenvalue weighted by Gasteiger charge is -2.21. The van der Waals surface area contributed by atoms with E-state index in [9.17, 15) is 0 Å². The van der Waals surface area contributed by atoms with E-state index in [0.717, 1.165) is 30.9 Å². The van der Waals surface area contributed by atoms with E-state index in [2.05, 4.69) is 11.4 Å². The molecule has 0 bridgehead atoms. The van der Waals surface area contributed by atoms with Crippen LogP contribution in [-0.4, -0.2) is 33.4 Å². The Morgan fingerprint density at radius 3 is 2.83 bits per heavy atom. The van der Waals surface area contributed by atoms with Gasteiger partial charge in [0.25, 0.3) is 0 Å². The summed E-state index contributed by atoms with van der Waals surface area (Å²) >= 11 is 0. The summed E-state index contributed by atoms with van der Waals surface area (Å²) in [7, 11) is 3.38.